The van der Waals surface area contributed by atoms with E-state index >= 15 is 0 Å². The summed E-state index contributed by atoms with van der Waals surface area (Å²) in [5.41, 5.74) is 5.39. The van der Waals surface area contributed by atoms with E-state index < -0.39 is 5.97 Å². The number of para-hydroxylation sites is 3. The maximum Gasteiger partial charge on any atom is 1.00 e. The van der Waals surface area contributed by atoms with Gasteiger partial charge in [0.05, 0.1) is 19.4 Å². The minimum Gasteiger partial charge on any atom is -0.550 e. The number of ether oxygens (including phenoxy) is 3. The Kier molecular flexibility index (Phi) is 14.2. The summed E-state index contributed by atoms with van der Waals surface area (Å²) in [4.78, 5) is 29.9. The third-order valence-corrected chi connectivity index (χ3v) is 9.52. The largest absolute Gasteiger partial charge is 1.00 e. The summed E-state index contributed by atoms with van der Waals surface area (Å²) in [5, 5.41) is 11.8. The molecule has 0 unspecified atom stereocenters. The van der Waals surface area contributed by atoms with Crippen molar-refractivity contribution in [3.8, 4) is 17.2 Å². The Labute approximate surface area is 328 Å². The van der Waals surface area contributed by atoms with Gasteiger partial charge in [0.1, 0.15) is 12.4 Å². The number of methoxy groups -OCH3 is 1. The molecule has 4 aromatic carbocycles. The number of aromatic nitrogens is 1. The first kappa shape index (κ1) is 38.9. The Balaban J connectivity index is 0.00000523. The van der Waals surface area contributed by atoms with Gasteiger partial charge in [-0.25, -0.2) is 0 Å². The van der Waals surface area contributed by atoms with Gasteiger partial charge in [-0.15, -0.1) is 0 Å². The van der Waals surface area contributed by atoms with Crippen LogP contribution in [0.5, 0.6) is 17.2 Å². The summed E-state index contributed by atoms with van der Waals surface area (Å²) >= 11 is 0. The van der Waals surface area contributed by atoms with Crippen LogP contribution in [0.15, 0.2) is 97.2 Å². The molecule has 0 bridgehead atoms. The number of aryl methyl sites for hydroxylation is 2. The molecule has 0 aliphatic carbocycles. The second-order valence-electron chi connectivity index (χ2n) is 12.9. The number of carboxylic acids is 1. The quantitative estimate of drug-likeness (QED) is 0.0826. The fourth-order valence-corrected chi connectivity index (χ4v) is 6.65. The maximum absolute atomic E-state index is 14.0. The number of carbonyl (C=O) groups is 2. The molecule has 5 aromatic rings. The van der Waals surface area contributed by atoms with Gasteiger partial charge in [0, 0.05) is 73.5 Å². The first-order valence-corrected chi connectivity index (χ1v) is 17.8. The second-order valence-corrected chi connectivity index (χ2v) is 12.9. The molecule has 0 N–H and O–H groups in total. The zero-order valence-corrected chi connectivity index (χ0v) is 32.5. The van der Waals surface area contributed by atoms with Gasteiger partial charge in [0.2, 0.25) is 0 Å². The molecule has 9 nitrogen and oxygen atoms in total. The third kappa shape index (κ3) is 9.77. The zero-order valence-electron chi connectivity index (χ0n) is 30.5. The van der Waals surface area contributed by atoms with Gasteiger partial charge in [0.15, 0.2) is 17.3 Å². The van der Waals surface area contributed by atoms with Gasteiger partial charge < -0.3 is 33.6 Å². The van der Waals surface area contributed by atoms with Gasteiger partial charge >= 0.3 is 29.6 Å². The van der Waals surface area contributed by atoms with Crippen molar-refractivity contribution in [2.75, 3.05) is 51.3 Å². The van der Waals surface area contributed by atoms with Crippen LogP contribution in [-0.4, -0.2) is 67.7 Å². The Bertz CT molecular complexity index is 1930. The Morgan fingerprint density at radius 2 is 1.50 bits per heavy atom. The molecule has 266 valence electrons. The number of fused-ring (bicyclic) bond motifs is 1. The molecule has 1 aliphatic heterocycles. The molecule has 10 heteroatoms. The molecule has 1 fully saturated rings. The number of carboxylic acid groups (broad SMARTS) is 1. The van der Waals surface area contributed by atoms with Crippen LogP contribution in [0.25, 0.3) is 10.9 Å². The van der Waals surface area contributed by atoms with Gasteiger partial charge in [0.25, 0.3) is 0 Å². The van der Waals surface area contributed by atoms with E-state index in [0.717, 1.165) is 73.5 Å². The van der Waals surface area contributed by atoms with E-state index in [0.29, 0.717) is 48.8 Å². The number of carbonyl (C=O) groups excluding carboxylic acids is 2. The van der Waals surface area contributed by atoms with E-state index in [-0.39, 0.29) is 41.8 Å². The smallest absolute Gasteiger partial charge is 0.550 e. The molecule has 1 saturated heterocycles. The van der Waals surface area contributed by atoms with Crippen LogP contribution in [0.1, 0.15) is 53.2 Å². The van der Waals surface area contributed by atoms with Crippen LogP contribution >= 0.6 is 0 Å². The topological polar surface area (TPSA) is 96.3 Å². The molecule has 0 atom stereocenters. The first-order chi connectivity index (χ1) is 24.9. The summed E-state index contributed by atoms with van der Waals surface area (Å²) in [6.07, 6.45) is 3.99. The van der Waals surface area contributed by atoms with Crippen molar-refractivity contribution >= 4 is 28.3 Å². The number of hydrogen-bond donors (Lipinski definition) is 0. The summed E-state index contributed by atoms with van der Waals surface area (Å²) in [5.74, 6) is 0.799. The predicted octanol–water partition coefficient (Wildman–Crippen LogP) is 3.15. The third-order valence-electron chi connectivity index (χ3n) is 9.52. The molecule has 1 aliphatic rings. The van der Waals surface area contributed by atoms with E-state index in [4.69, 9.17) is 14.2 Å². The maximum atomic E-state index is 14.0. The number of hydrogen-bond acceptors (Lipinski definition) is 8. The van der Waals surface area contributed by atoms with Crippen molar-refractivity contribution in [3.63, 3.8) is 0 Å². The van der Waals surface area contributed by atoms with Crippen molar-refractivity contribution < 1.29 is 58.5 Å². The summed E-state index contributed by atoms with van der Waals surface area (Å²) in [6.45, 7) is 8.11. The summed E-state index contributed by atoms with van der Waals surface area (Å²) in [6, 6.07) is 29.6. The Hall–Kier alpha value is -4.28. The van der Waals surface area contributed by atoms with E-state index in [1.807, 2.05) is 59.3 Å². The fraction of sp³-hybridized carbons (Fsp3) is 0.333. The van der Waals surface area contributed by atoms with Crippen molar-refractivity contribution in [2.45, 2.75) is 45.8 Å². The Morgan fingerprint density at radius 3 is 2.25 bits per heavy atom. The second kappa shape index (κ2) is 19.0. The minimum absolute atomic E-state index is 0. The van der Waals surface area contributed by atoms with Gasteiger partial charge in [-0.2, -0.15) is 0 Å². The first-order valence-electron chi connectivity index (χ1n) is 17.8. The summed E-state index contributed by atoms with van der Waals surface area (Å²) < 4.78 is 20.2. The van der Waals surface area contributed by atoms with Crippen molar-refractivity contribution in [1.82, 2.24) is 9.47 Å². The van der Waals surface area contributed by atoms with Crippen LogP contribution in [0.2, 0.25) is 0 Å². The minimum atomic E-state index is -1.08. The van der Waals surface area contributed by atoms with Gasteiger partial charge in [-0.3, -0.25) is 9.69 Å². The monoisotopic (exact) mass is 711 g/mol. The molecule has 0 spiro atoms. The van der Waals surface area contributed by atoms with Gasteiger partial charge in [-0.05, 0) is 73.2 Å². The molecule has 0 amide bonds. The van der Waals surface area contributed by atoms with Crippen LogP contribution in [-0.2, 0) is 24.4 Å². The molecular formula is C42H46N3NaO6. The van der Waals surface area contributed by atoms with E-state index in [9.17, 15) is 14.7 Å². The molecule has 2 heterocycles. The predicted molar refractivity (Wildman–Crippen MR) is 198 cm³/mol. The Morgan fingerprint density at radius 1 is 0.769 bits per heavy atom. The molecule has 0 saturated carbocycles. The number of benzene rings is 4. The molecule has 0 radical (unpaired) electrons. The number of piperazine rings is 1. The molecule has 6 rings (SSSR count). The standard InChI is InChI=1S/C42H47N3O6.Na/c1-3-31-15-17-32(18-16-31)30-51-39-20-19-33(42(48)35-29-45(22-8-14-41(46)47)36-11-5-4-10-34(35)36)28-40(39)50-27-9-21-43-23-25-44(26-24-43)37-12-6-7-13-38(37)49-2;/h4-7,10-13,15-20,28-29H,3,8-9,14,21-27,30H2,1-2H3,(H,46,47);/q;+1/p-1. The average Bonchev–Trinajstić information content (AvgIpc) is 3.54. The molecule has 52 heavy (non-hydrogen) atoms. The van der Waals surface area contributed by atoms with E-state index in [2.05, 4.69) is 47.1 Å². The average molecular weight is 712 g/mol. The fourth-order valence-electron chi connectivity index (χ4n) is 6.65. The molecule has 1 aromatic heterocycles. The molecular weight excluding hydrogens is 665 g/mol. The van der Waals surface area contributed by atoms with Gasteiger partial charge in [-0.1, -0.05) is 61.5 Å². The number of ketones is 1. The number of aliphatic carboxylic acids is 1. The number of anilines is 1. The van der Waals surface area contributed by atoms with Crippen LogP contribution < -0.4 is 53.8 Å². The SMILES string of the molecule is CCc1ccc(COc2ccc(C(=O)c3cn(CCCC(=O)[O-])c4ccccc34)cc2OCCCN2CCN(c3ccccc3OC)CC2)cc1.[Na+]. The van der Waals surface area contributed by atoms with Crippen LogP contribution in [0.3, 0.4) is 0 Å². The van der Waals surface area contributed by atoms with Crippen LogP contribution in [0.4, 0.5) is 5.69 Å². The normalized spacial score (nSPS) is 13.1. The van der Waals surface area contributed by atoms with E-state index in [1.54, 1.807) is 19.2 Å². The van der Waals surface area contributed by atoms with E-state index in [1.165, 1.54) is 5.56 Å². The van der Waals surface area contributed by atoms with Crippen LogP contribution in [0, 0.1) is 0 Å². The van der Waals surface area contributed by atoms with Crippen molar-refractivity contribution in [3.05, 3.63) is 119 Å². The van der Waals surface area contributed by atoms with Crippen molar-refractivity contribution in [1.29, 1.82) is 0 Å². The number of rotatable bonds is 17. The summed E-state index contributed by atoms with van der Waals surface area (Å²) in [7, 11) is 1.71. The number of nitrogens with zero attached hydrogens (tertiary/aromatic N) is 3. The zero-order chi connectivity index (χ0) is 35.6. The van der Waals surface area contributed by atoms with Crippen molar-refractivity contribution in [2.24, 2.45) is 0 Å².